The molecule has 0 atom stereocenters. The Labute approximate surface area is 83.0 Å². The van der Waals surface area contributed by atoms with Crippen LogP contribution in [-0.4, -0.2) is 19.4 Å². The van der Waals surface area contributed by atoms with Crippen LogP contribution in [0.2, 0.25) is 0 Å². The highest BCUT2D eigenvalue weighted by atomic mass is 16.4. The quantitative estimate of drug-likeness (QED) is 0.531. The van der Waals surface area contributed by atoms with Gasteiger partial charge in [-0.3, -0.25) is 4.79 Å². The summed E-state index contributed by atoms with van der Waals surface area (Å²) in [5, 5.41) is 0. The Morgan fingerprint density at radius 3 is 2.93 bits per heavy atom. The smallest absolute Gasteiger partial charge is 0.196 e. The van der Waals surface area contributed by atoms with Crippen molar-refractivity contribution in [1.29, 1.82) is 0 Å². The number of anilines is 1. The Balaban J connectivity index is 2.12. The maximum Gasteiger partial charge on any atom is 0.196 e. The number of carbonyl (C=O) groups is 1. The SMILES string of the molecule is CC1=CCN(c2ccc(C=O)o2)CC1. The van der Waals surface area contributed by atoms with Gasteiger partial charge in [0.25, 0.3) is 0 Å². The van der Waals surface area contributed by atoms with Crippen molar-refractivity contribution in [2.45, 2.75) is 13.3 Å². The Morgan fingerprint density at radius 1 is 1.50 bits per heavy atom. The van der Waals surface area contributed by atoms with Crippen LogP contribution in [-0.2, 0) is 0 Å². The number of aldehydes is 1. The van der Waals surface area contributed by atoms with E-state index in [4.69, 9.17) is 4.42 Å². The molecule has 0 N–H and O–H groups in total. The molecule has 0 aromatic carbocycles. The molecule has 74 valence electrons. The first-order valence-corrected chi connectivity index (χ1v) is 4.75. The Hall–Kier alpha value is -1.51. The molecule has 2 rings (SSSR count). The summed E-state index contributed by atoms with van der Waals surface area (Å²) in [5.41, 5.74) is 1.42. The van der Waals surface area contributed by atoms with Gasteiger partial charge in [0, 0.05) is 19.2 Å². The summed E-state index contributed by atoms with van der Waals surface area (Å²) in [4.78, 5) is 12.6. The molecule has 1 aliphatic rings. The molecule has 1 aromatic heterocycles. The van der Waals surface area contributed by atoms with Crippen molar-refractivity contribution >= 4 is 12.2 Å². The molecule has 0 aliphatic carbocycles. The molecular formula is C11H13NO2. The number of hydrogen-bond donors (Lipinski definition) is 0. The third kappa shape index (κ3) is 1.71. The summed E-state index contributed by atoms with van der Waals surface area (Å²) in [6, 6.07) is 3.55. The lowest BCUT2D eigenvalue weighted by molar-refractivity contribution is 0.110. The van der Waals surface area contributed by atoms with Gasteiger partial charge in [0.15, 0.2) is 17.9 Å². The van der Waals surface area contributed by atoms with Crippen molar-refractivity contribution in [3.8, 4) is 0 Å². The second kappa shape index (κ2) is 3.70. The van der Waals surface area contributed by atoms with E-state index in [9.17, 15) is 4.79 Å². The van der Waals surface area contributed by atoms with Crippen molar-refractivity contribution < 1.29 is 9.21 Å². The first-order valence-electron chi connectivity index (χ1n) is 4.75. The van der Waals surface area contributed by atoms with Crippen LogP contribution >= 0.6 is 0 Å². The Kier molecular flexibility index (Phi) is 2.39. The maximum absolute atomic E-state index is 10.4. The summed E-state index contributed by atoms with van der Waals surface area (Å²) in [6.07, 6.45) is 3.98. The van der Waals surface area contributed by atoms with E-state index in [-0.39, 0.29) is 0 Å². The number of hydrogen-bond acceptors (Lipinski definition) is 3. The highest BCUT2D eigenvalue weighted by Gasteiger charge is 2.13. The summed E-state index contributed by atoms with van der Waals surface area (Å²) >= 11 is 0. The highest BCUT2D eigenvalue weighted by Crippen LogP contribution is 2.21. The normalized spacial score (nSPS) is 16.6. The topological polar surface area (TPSA) is 33.5 Å². The van der Waals surface area contributed by atoms with Crippen LogP contribution in [0.5, 0.6) is 0 Å². The third-order valence-corrected chi connectivity index (χ3v) is 2.48. The number of carbonyl (C=O) groups excluding carboxylic acids is 1. The summed E-state index contributed by atoms with van der Waals surface area (Å²) < 4.78 is 5.34. The van der Waals surface area contributed by atoms with Crippen LogP contribution < -0.4 is 4.90 Å². The van der Waals surface area contributed by atoms with Gasteiger partial charge in [-0.05, 0) is 19.4 Å². The minimum atomic E-state index is 0.395. The van der Waals surface area contributed by atoms with Gasteiger partial charge in [0.05, 0.1) is 0 Å². The minimum Gasteiger partial charge on any atom is -0.438 e. The van der Waals surface area contributed by atoms with Crippen LogP contribution in [0.1, 0.15) is 23.9 Å². The van der Waals surface area contributed by atoms with E-state index in [0.29, 0.717) is 5.76 Å². The fraction of sp³-hybridized carbons (Fsp3) is 0.364. The second-order valence-electron chi connectivity index (χ2n) is 3.54. The van der Waals surface area contributed by atoms with Gasteiger partial charge in [0.2, 0.25) is 0 Å². The predicted octanol–water partition coefficient (Wildman–Crippen LogP) is 2.25. The van der Waals surface area contributed by atoms with E-state index in [1.165, 1.54) is 5.57 Å². The van der Waals surface area contributed by atoms with Crippen molar-refractivity contribution in [1.82, 2.24) is 0 Å². The molecule has 0 spiro atoms. The fourth-order valence-electron chi connectivity index (χ4n) is 1.55. The molecule has 0 amide bonds. The molecule has 2 heterocycles. The molecule has 1 aromatic rings. The lowest BCUT2D eigenvalue weighted by atomic mass is 10.1. The summed E-state index contributed by atoms with van der Waals surface area (Å²) in [6.45, 7) is 3.97. The number of rotatable bonds is 2. The van der Waals surface area contributed by atoms with E-state index in [1.54, 1.807) is 6.07 Å². The molecule has 0 bridgehead atoms. The third-order valence-electron chi connectivity index (χ3n) is 2.48. The van der Waals surface area contributed by atoms with Gasteiger partial charge in [-0.2, -0.15) is 0 Å². The van der Waals surface area contributed by atoms with Gasteiger partial charge in [-0.25, -0.2) is 0 Å². The molecule has 1 aliphatic heterocycles. The van der Waals surface area contributed by atoms with E-state index >= 15 is 0 Å². The van der Waals surface area contributed by atoms with Crippen molar-refractivity contribution in [2.75, 3.05) is 18.0 Å². The van der Waals surface area contributed by atoms with Crippen molar-refractivity contribution in [3.05, 3.63) is 29.5 Å². The highest BCUT2D eigenvalue weighted by molar-refractivity contribution is 5.71. The van der Waals surface area contributed by atoms with Crippen LogP contribution in [0.25, 0.3) is 0 Å². The molecule has 0 saturated heterocycles. The molecule has 3 heteroatoms. The summed E-state index contributed by atoms with van der Waals surface area (Å²) in [5.74, 6) is 1.18. The van der Waals surface area contributed by atoms with Crippen LogP contribution in [0.4, 0.5) is 5.88 Å². The molecule has 0 saturated carbocycles. The van der Waals surface area contributed by atoms with Crippen molar-refractivity contribution in [3.63, 3.8) is 0 Å². The van der Waals surface area contributed by atoms with Crippen LogP contribution in [0.15, 0.2) is 28.2 Å². The average Bonchev–Trinajstić information content (AvgIpc) is 2.67. The molecule has 0 radical (unpaired) electrons. The number of furan rings is 1. The lowest BCUT2D eigenvalue weighted by Gasteiger charge is -2.24. The van der Waals surface area contributed by atoms with Gasteiger partial charge < -0.3 is 9.32 Å². The Morgan fingerprint density at radius 2 is 2.36 bits per heavy atom. The maximum atomic E-state index is 10.4. The first kappa shape index (κ1) is 9.06. The second-order valence-corrected chi connectivity index (χ2v) is 3.54. The first-order chi connectivity index (χ1) is 6.79. The molecule has 3 nitrogen and oxygen atoms in total. The van der Waals surface area contributed by atoms with Gasteiger partial charge in [-0.1, -0.05) is 11.6 Å². The zero-order valence-electron chi connectivity index (χ0n) is 8.19. The van der Waals surface area contributed by atoms with Crippen LogP contribution in [0.3, 0.4) is 0 Å². The van der Waals surface area contributed by atoms with E-state index < -0.39 is 0 Å². The summed E-state index contributed by atoms with van der Waals surface area (Å²) in [7, 11) is 0. The Bertz CT molecular complexity index is 365. The zero-order chi connectivity index (χ0) is 9.97. The molecule has 0 fully saturated rings. The van der Waals surface area contributed by atoms with Crippen LogP contribution in [0, 0.1) is 0 Å². The fourth-order valence-corrected chi connectivity index (χ4v) is 1.55. The number of nitrogens with zero attached hydrogens (tertiary/aromatic N) is 1. The van der Waals surface area contributed by atoms with Gasteiger partial charge >= 0.3 is 0 Å². The largest absolute Gasteiger partial charge is 0.438 e. The average molecular weight is 191 g/mol. The predicted molar refractivity (Wildman–Crippen MR) is 54.7 cm³/mol. The van der Waals surface area contributed by atoms with E-state index in [0.717, 1.165) is 31.7 Å². The molecule has 14 heavy (non-hydrogen) atoms. The molecule has 0 unspecified atom stereocenters. The monoisotopic (exact) mass is 191 g/mol. The van der Waals surface area contributed by atoms with Gasteiger partial charge in [0.1, 0.15) is 0 Å². The minimum absolute atomic E-state index is 0.395. The van der Waals surface area contributed by atoms with E-state index in [2.05, 4.69) is 17.9 Å². The lowest BCUT2D eigenvalue weighted by Crippen LogP contribution is -2.27. The standard InChI is InChI=1S/C11H13NO2/c1-9-4-6-12(7-5-9)11-3-2-10(8-13)14-11/h2-4,8H,5-7H2,1H3. The van der Waals surface area contributed by atoms with Crippen molar-refractivity contribution in [2.24, 2.45) is 0 Å². The molecular weight excluding hydrogens is 178 g/mol. The van der Waals surface area contributed by atoms with E-state index in [1.807, 2.05) is 6.07 Å². The van der Waals surface area contributed by atoms with Gasteiger partial charge in [-0.15, -0.1) is 0 Å². The zero-order valence-corrected chi connectivity index (χ0v) is 8.19.